The summed E-state index contributed by atoms with van der Waals surface area (Å²) in [5, 5.41) is 0. The van der Waals surface area contributed by atoms with Crippen LogP contribution in [0.1, 0.15) is 10.4 Å². The molecule has 0 atom stereocenters. The normalized spacial score (nSPS) is 10.0. The molecule has 0 unspecified atom stereocenters. The number of aromatic amines is 1. The number of aromatic nitrogens is 2. The molecule has 16 heavy (non-hydrogen) atoms. The van der Waals surface area contributed by atoms with Crippen molar-refractivity contribution in [3.8, 4) is 11.3 Å². The van der Waals surface area contributed by atoms with Crippen LogP contribution >= 0.6 is 12.2 Å². The molecule has 0 spiro atoms. The van der Waals surface area contributed by atoms with Gasteiger partial charge in [-0.3, -0.25) is 9.78 Å². The van der Waals surface area contributed by atoms with Gasteiger partial charge in [-0.15, -0.1) is 0 Å². The van der Waals surface area contributed by atoms with Gasteiger partial charge in [0, 0.05) is 23.7 Å². The van der Waals surface area contributed by atoms with E-state index in [1.807, 2.05) is 12.1 Å². The first kappa shape index (κ1) is 10.5. The summed E-state index contributed by atoms with van der Waals surface area (Å²) in [6, 6.07) is 7.10. The summed E-state index contributed by atoms with van der Waals surface area (Å²) in [4.78, 5) is 17.9. The maximum atomic E-state index is 11.0. The Labute approximate surface area is 97.2 Å². The number of carbonyl (C=O) groups excluding carboxylic acids is 1. The van der Waals surface area contributed by atoms with Gasteiger partial charge >= 0.3 is 0 Å². The van der Waals surface area contributed by atoms with Crippen LogP contribution in [0.3, 0.4) is 0 Å². The molecule has 0 aliphatic heterocycles. The second-order valence-corrected chi connectivity index (χ2v) is 3.63. The molecule has 0 aromatic carbocycles. The first-order valence-electron chi connectivity index (χ1n) is 4.62. The van der Waals surface area contributed by atoms with E-state index in [2.05, 4.69) is 9.97 Å². The molecule has 0 aliphatic rings. The first-order chi connectivity index (χ1) is 7.68. The van der Waals surface area contributed by atoms with E-state index in [1.54, 1.807) is 24.5 Å². The predicted molar refractivity (Wildman–Crippen MR) is 63.4 cm³/mol. The third-order valence-corrected chi connectivity index (χ3v) is 2.47. The zero-order valence-electron chi connectivity index (χ0n) is 8.31. The van der Waals surface area contributed by atoms with Crippen molar-refractivity contribution in [2.24, 2.45) is 5.73 Å². The van der Waals surface area contributed by atoms with Crippen LogP contribution < -0.4 is 5.73 Å². The molecule has 3 N–H and O–H groups in total. The molecular weight excluding hydrogens is 222 g/mol. The molecule has 5 heteroatoms. The van der Waals surface area contributed by atoms with Gasteiger partial charge in [-0.25, -0.2) is 0 Å². The topological polar surface area (TPSA) is 71.8 Å². The number of nitrogens with one attached hydrogen (secondary N) is 1. The largest absolute Gasteiger partial charge is 0.366 e. The lowest BCUT2D eigenvalue weighted by molar-refractivity contribution is 0.0999. The Bertz CT molecular complexity index is 577. The summed E-state index contributed by atoms with van der Waals surface area (Å²) in [5.74, 6) is -0.529. The van der Waals surface area contributed by atoms with Crippen molar-refractivity contribution in [3.05, 3.63) is 46.9 Å². The molecule has 2 heterocycles. The van der Waals surface area contributed by atoms with E-state index in [0.29, 0.717) is 10.2 Å². The van der Waals surface area contributed by atoms with Gasteiger partial charge < -0.3 is 10.7 Å². The van der Waals surface area contributed by atoms with Crippen molar-refractivity contribution in [1.29, 1.82) is 0 Å². The Balaban J connectivity index is 2.51. The van der Waals surface area contributed by atoms with Crippen molar-refractivity contribution in [2.75, 3.05) is 0 Å². The SMILES string of the molecule is NC(=O)c1ccc(-c2cccnc2)[nH]c1=S. The van der Waals surface area contributed by atoms with Gasteiger partial charge in [0.2, 0.25) is 0 Å². The highest BCUT2D eigenvalue weighted by molar-refractivity contribution is 7.71. The van der Waals surface area contributed by atoms with Gasteiger partial charge in [-0.2, -0.15) is 0 Å². The van der Waals surface area contributed by atoms with Crippen LogP contribution in [0.25, 0.3) is 11.3 Å². The molecule has 1 amide bonds. The number of H-pyrrole nitrogens is 1. The highest BCUT2D eigenvalue weighted by Gasteiger charge is 2.04. The van der Waals surface area contributed by atoms with E-state index in [0.717, 1.165) is 11.3 Å². The summed E-state index contributed by atoms with van der Waals surface area (Å²) in [6.45, 7) is 0. The molecular formula is C11H9N3OS. The number of nitrogens with zero attached hydrogens (tertiary/aromatic N) is 1. The maximum absolute atomic E-state index is 11.0. The minimum Gasteiger partial charge on any atom is -0.366 e. The van der Waals surface area contributed by atoms with Gasteiger partial charge in [-0.1, -0.05) is 12.2 Å². The fourth-order valence-corrected chi connectivity index (χ4v) is 1.64. The molecule has 80 valence electrons. The third kappa shape index (κ3) is 1.99. The van der Waals surface area contributed by atoms with Crippen LogP contribution in [0, 0.1) is 4.64 Å². The molecule has 2 aromatic rings. The Kier molecular flexibility index (Phi) is 2.78. The van der Waals surface area contributed by atoms with Crippen LogP contribution in [0.15, 0.2) is 36.7 Å². The van der Waals surface area contributed by atoms with Gasteiger partial charge in [0.25, 0.3) is 5.91 Å². The number of amides is 1. The Morgan fingerprint density at radius 1 is 1.38 bits per heavy atom. The first-order valence-corrected chi connectivity index (χ1v) is 5.03. The molecule has 0 fully saturated rings. The number of carbonyl (C=O) groups is 1. The molecule has 4 nitrogen and oxygen atoms in total. The highest BCUT2D eigenvalue weighted by Crippen LogP contribution is 2.15. The average Bonchev–Trinajstić information content (AvgIpc) is 2.29. The Morgan fingerprint density at radius 3 is 2.75 bits per heavy atom. The lowest BCUT2D eigenvalue weighted by atomic mass is 10.1. The second kappa shape index (κ2) is 4.24. The van der Waals surface area contributed by atoms with Crippen LogP contribution in [0.2, 0.25) is 0 Å². The average molecular weight is 231 g/mol. The summed E-state index contributed by atoms with van der Waals surface area (Å²) in [7, 11) is 0. The molecule has 0 bridgehead atoms. The van der Waals surface area contributed by atoms with E-state index in [9.17, 15) is 4.79 Å². The van der Waals surface area contributed by atoms with E-state index in [-0.39, 0.29) is 0 Å². The van der Waals surface area contributed by atoms with Gasteiger partial charge in [-0.05, 0) is 24.3 Å². The number of hydrogen-bond acceptors (Lipinski definition) is 3. The number of hydrogen-bond donors (Lipinski definition) is 2. The lowest BCUT2D eigenvalue weighted by Gasteiger charge is -2.02. The van der Waals surface area contributed by atoms with E-state index in [1.165, 1.54) is 0 Å². The summed E-state index contributed by atoms with van der Waals surface area (Å²) < 4.78 is 0.342. The van der Waals surface area contributed by atoms with E-state index in [4.69, 9.17) is 18.0 Å². The van der Waals surface area contributed by atoms with Crippen molar-refractivity contribution < 1.29 is 4.79 Å². The minimum absolute atomic E-state index is 0.322. The summed E-state index contributed by atoms with van der Waals surface area (Å²) >= 11 is 5.04. The van der Waals surface area contributed by atoms with Crippen LogP contribution in [-0.4, -0.2) is 15.9 Å². The van der Waals surface area contributed by atoms with Gasteiger partial charge in [0.05, 0.1) is 5.56 Å². The summed E-state index contributed by atoms with van der Waals surface area (Å²) in [5.41, 5.74) is 7.20. The molecule has 0 saturated heterocycles. The van der Waals surface area contributed by atoms with Crippen molar-refractivity contribution in [1.82, 2.24) is 9.97 Å². The molecule has 0 radical (unpaired) electrons. The fraction of sp³-hybridized carbons (Fsp3) is 0. The van der Waals surface area contributed by atoms with Gasteiger partial charge in [0.1, 0.15) is 4.64 Å². The molecule has 0 saturated carbocycles. The smallest absolute Gasteiger partial charge is 0.251 e. The number of primary amides is 1. The lowest BCUT2D eigenvalue weighted by Crippen LogP contribution is -2.12. The monoisotopic (exact) mass is 231 g/mol. The molecule has 2 aromatic heterocycles. The zero-order chi connectivity index (χ0) is 11.5. The highest BCUT2D eigenvalue weighted by atomic mass is 32.1. The molecule has 2 rings (SSSR count). The number of pyridine rings is 2. The Morgan fingerprint density at radius 2 is 2.19 bits per heavy atom. The van der Waals surface area contributed by atoms with Crippen LogP contribution in [0.4, 0.5) is 0 Å². The third-order valence-electron chi connectivity index (χ3n) is 2.15. The standard InChI is InChI=1S/C11H9N3OS/c12-10(15)8-3-4-9(14-11(8)16)7-2-1-5-13-6-7/h1-6H,(H2,12,15)(H,14,16). The predicted octanol–water partition coefficient (Wildman–Crippen LogP) is 1.91. The van der Waals surface area contributed by atoms with Crippen molar-refractivity contribution >= 4 is 18.1 Å². The van der Waals surface area contributed by atoms with Crippen molar-refractivity contribution in [3.63, 3.8) is 0 Å². The van der Waals surface area contributed by atoms with E-state index >= 15 is 0 Å². The van der Waals surface area contributed by atoms with Crippen LogP contribution in [0.5, 0.6) is 0 Å². The Hall–Kier alpha value is -2.01. The second-order valence-electron chi connectivity index (χ2n) is 3.22. The zero-order valence-corrected chi connectivity index (χ0v) is 9.12. The van der Waals surface area contributed by atoms with Crippen LogP contribution in [-0.2, 0) is 0 Å². The molecule has 0 aliphatic carbocycles. The number of rotatable bonds is 2. The van der Waals surface area contributed by atoms with E-state index < -0.39 is 5.91 Å². The fourth-order valence-electron chi connectivity index (χ4n) is 1.36. The minimum atomic E-state index is -0.529. The summed E-state index contributed by atoms with van der Waals surface area (Å²) in [6.07, 6.45) is 3.40. The quantitative estimate of drug-likeness (QED) is 0.775. The maximum Gasteiger partial charge on any atom is 0.251 e. The number of nitrogens with two attached hydrogens (primary N) is 1. The van der Waals surface area contributed by atoms with Crippen molar-refractivity contribution in [2.45, 2.75) is 0 Å². The van der Waals surface area contributed by atoms with Gasteiger partial charge in [0.15, 0.2) is 0 Å².